The molecule has 0 saturated heterocycles. The third kappa shape index (κ3) is 6.08. The van der Waals surface area contributed by atoms with Gasteiger partial charge in [-0.15, -0.1) is 0 Å². The van der Waals surface area contributed by atoms with E-state index in [2.05, 4.69) is 15.3 Å². The number of fused-ring (bicyclic) bond motifs is 1. The molecule has 5 rings (SSSR count). The number of carboxylic acids is 1. The Labute approximate surface area is 228 Å². The fraction of sp³-hybridized carbons (Fsp3) is 0.100. The summed E-state index contributed by atoms with van der Waals surface area (Å²) < 4.78 is 25.2. The molecule has 0 aliphatic heterocycles. The van der Waals surface area contributed by atoms with Crippen LogP contribution in [-0.2, 0) is 11.4 Å². The molecule has 0 bridgehead atoms. The van der Waals surface area contributed by atoms with E-state index in [4.69, 9.17) is 25.9 Å². The van der Waals surface area contributed by atoms with Crippen molar-refractivity contribution in [3.63, 3.8) is 0 Å². The molecule has 0 fully saturated rings. The van der Waals surface area contributed by atoms with Crippen LogP contribution in [0.3, 0.4) is 0 Å². The maximum atomic E-state index is 13.4. The van der Waals surface area contributed by atoms with E-state index in [1.807, 2.05) is 31.2 Å². The molecular formula is C30H23ClFN3O4. The molecule has 196 valence electrons. The number of furan rings is 1. The molecule has 0 saturated carbocycles. The highest BCUT2D eigenvalue weighted by molar-refractivity contribution is 6.32. The molecule has 0 amide bonds. The van der Waals surface area contributed by atoms with Crippen molar-refractivity contribution < 1.29 is 23.4 Å². The molecule has 0 spiro atoms. The van der Waals surface area contributed by atoms with Crippen LogP contribution < -0.4 is 10.1 Å². The summed E-state index contributed by atoms with van der Waals surface area (Å²) in [5.41, 5.74) is 3.50. The first-order chi connectivity index (χ1) is 18.9. The summed E-state index contributed by atoms with van der Waals surface area (Å²) >= 11 is 6.46. The second kappa shape index (κ2) is 11.4. The lowest BCUT2D eigenvalue weighted by atomic mass is 10.1. The molecule has 0 atom stereocenters. The van der Waals surface area contributed by atoms with Gasteiger partial charge in [-0.3, -0.25) is 0 Å². The number of anilines is 2. The van der Waals surface area contributed by atoms with E-state index in [1.165, 1.54) is 18.5 Å². The molecule has 2 aromatic heterocycles. The van der Waals surface area contributed by atoms with E-state index in [1.54, 1.807) is 36.4 Å². The molecule has 0 aliphatic rings. The molecule has 9 heteroatoms. The van der Waals surface area contributed by atoms with Crippen LogP contribution in [0, 0.1) is 5.82 Å². The number of hydrogen-bond acceptors (Lipinski definition) is 6. The predicted molar refractivity (Wildman–Crippen MR) is 149 cm³/mol. The SMILES string of the molecule is CCC(=CC(=O)O)c1ccc(-c2ccc3ncnc(Nc4ccc(OCc5cccc(F)c5)c(Cl)c4)c3c2)o1. The van der Waals surface area contributed by atoms with Gasteiger partial charge >= 0.3 is 5.97 Å². The zero-order valence-electron chi connectivity index (χ0n) is 20.8. The molecule has 2 heterocycles. The van der Waals surface area contributed by atoms with Crippen LogP contribution in [-0.4, -0.2) is 21.0 Å². The van der Waals surface area contributed by atoms with Gasteiger partial charge in [0.1, 0.15) is 41.8 Å². The summed E-state index contributed by atoms with van der Waals surface area (Å²) in [6.07, 6.45) is 3.15. The van der Waals surface area contributed by atoms with Gasteiger partial charge in [0.25, 0.3) is 0 Å². The van der Waals surface area contributed by atoms with Crippen molar-refractivity contribution in [2.24, 2.45) is 0 Å². The Bertz CT molecular complexity index is 1700. The highest BCUT2D eigenvalue weighted by atomic mass is 35.5. The van der Waals surface area contributed by atoms with E-state index in [-0.39, 0.29) is 12.4 Å². The highest BCUT2D eigenvalue weighted by Gasteiger charge is 2.13. The minimum Gasteiger partial charge on any atom is -0.487 e. The van der Waals surface area contributed by atoms with Gasteiger partial charge in [0.2, 0.25) is 0 Å². The summed E-state index contributed by atoms with van der Waals surface area (Å²) in [7, 11) is 0. The molecule has 0 aliphatic carbocycles. The maximum absolute atomic E-state index is 13.4. The van der Waals surface area contributed by atoms with Crippen LogP contribution >= 0.6 is 11.6 Å². The number of nitrogens with zero attached hydrogens (tertiary/aromatic N) is 2. The Kier molecular flexibility index (Phi) is 7.56. The normalized spacial score (nSPS) is 11.5. The maximum Gasteiger partial charge on any atom is 0.328 e. The average Bonchev–Trinajstić information content (AvgIpc) is 3.41. The standard InChI is InChI=1S/C30H23ClFN3O4/c1-2-19(14-29(36)37)26-10-11-27(39-26)20-6-8-25-23(13-20)30(34-17-33-25)35-22-7-9-28(24(31)15-22)38-16-18-4-3-5-21(32)12-18/h3-15,17H,2,16H2,1H3,(H,36,37)(H,33,34,35). The second-order valence-corrected chi connectivity index (χ2v) is 9.08. The fourth-order valence-electron chi connectivity index (χ4n) is 4.09. The number of hydrogen-bond donors (Lipinski definition) is 2. The number of nitrogens with one attached hydrogen (secondary N) is 1. The van der Waals surface area contributed by atoms with E-state index < -0.39 is 5.97 Å². The number of allylic oxidation sites excluding steroid dienone is 1. The number of benzene rings is 3. The third-order valence-electron chi connectivity index (χ3n) is 6.00. The van der Waals surface area contributed by atoms with Gasteiger partial charge in [0.15, 0.2) is 0 Å². The van der Waals surface area contributed by atoms with Crippen LogP contribution in [0.2, 0.25) is 5.02 Å². The van der Waals surface area contributed by atoms with E-state index in [0.717, 1.165) is 22.5 Å². The minimum atomic E-state index is -1.02. The van der Waals surface area contributed by atoms with Crippen LogP contribution in [0.4, 0.5) is 15.9 Å². The molecule has 39 heavy (non-hydrogen) atoms. The van der Waals surface area contributed by atoms with Crippen molar-refractivity contribution in [1.82, 2.24) is 9.97 Å². The lowest BCUT2D eigenvalue weighted by Gasteiger charge is -2.12. The largest absolute Gasteiger partial charge is 0.487 e. The molecular weight excluding hydrogens is 521 g/mol. The first-order valence-corrected chi connectivity index (χ1v) is 12.5. The molecule has 7 nitrogen and oxygen atoms in total. The van der Waals surface area contributed by atoms with E-state index >= 15 is 0 Å². The number of ether oxygens (including phenoxy) is 1. The van der Waals surface area contributed by atoms with E-state index in [9.17, 15) is 9.18 Å². The summed E-state index contributed by atoms with van der Waals surface area (Å²) in [4.78, 5) is 19.9. The van der Waals surface area contributed by atoms with Crippen LogP contribution in [0.25, 0.3) is 27.8 Å². The number of aliphatic carboxylic acids is 1. The third-order valence-corrected chi connectivity index (χ3v) is 6.29. The van der Waals surface area contributed by atoms with Crippen LogP contribution in [0.1, 0.15) is 24.7 Å². The fourth-order valence-corrected chi connectivity index (χ4v) is 4.33. The van der Waals surface area contributed by atoms with Gasteiger partial charge in [-0.25, -0.2) is 19.2 Å². The Morgan fingerprint density at radius 3 is 2.74 bits per heavy atom. The molecule has 3 aromatic carbocycles. The molecule has 0 radical (unpaired) electrons. The number of carboxylic acid groups (broad SMARTS) is 1. The number of carbonyl (C=O) groups is 1. The summed E-state index contributed by atoms with van der Waals surface area (Å²) in [5.74, 6) is 0.794. The van der Waals surface area contributed by atoms with E-state index in [0.29, 0.717) is 51.4 Å². The van der Waals surface area contributed by atoms with Crippen LogP contribution in [0.5, 0.6) is 5.75 Å². The van der Waals surface area contributed by atoms with Crippen molar-refractivity contribution >= 4 is 45.6 Å². The number of aromatic nitrogens is 2. The first kappa shape index (κ1) is 25.9. The summed E-state index contributed by atoms with van der Waals surface area (Å²) in [6, 6.07) is 20.7. The molecule has 0 unspecified atom stereocenters. The monoisotopic (exact) mass is 543 g/mol. The Balaban J connectivity index is 1.38. The predicted octanol–water partition coefficient (Wildman–Crippen LogP) is 7.88. The van der Waals surface area contributed by atoms with Gasteiger partial charge in [-0.1, -0.05) is 30.7 Å². The zero-order valence-corrected chi connectivity index (χ0v) is 21.6. The summed E-state index contributed by atoms with van der Waals surface area (Å²) in [5, 5.41) is 13.5. The van der Waals surface area contributed by atoms with Crippen molar-refractivity contribution in [3.8, 4) is 17.1 Å². The number of rotatable bonds is 9. The van der Waals surface area contributed by atoms with Crippen LogP contribution in [0.15, 0.2) is 89.6 Å². The lowest BCUT2D eigenvalue weighted by Crippen LogP contribution is -1.99. The Hall–Kier alpha value is -4.69. The smallest absolute Gasteiger partial charge is 0.328 e. The molecule has 2 N–H and O–H groups in total. The lowest BCUT2D eigenvalue weighted by molar-refractivity contribution is -0.131. The van der Waals surface area contributed by atoms with Crippen molar-refractivity contribution in [1.29, 1.82) is 0 Å². The quantitative estimate of drug-likeness (QED) is 0.182. The van der Waals surface area contributed by atoms with Crippen molar-refractivity contribution in [3.05, 3.63) is 107 Å². The van der Waals surface area contributed by atoms with Crippen molar-refractivity contribution in [2.75, 3.05) is 5.32 Å². The zero-order chi connectivity index (χ0) is 27.4. The number of halogens is 2. The van der Waals surface area contributed by atoms with Crippen molar-refractivity contribution in [2.45, 2.75) is 20.0 Å². The Morgan fingerprint density at radius 2 is 1.97 bits per heavy atom. The van der Waals surface area contributed by atoms with Gasteiger partial charge < -0.3 is 19.6 Å². The van der Waals surface area contributed by atoms with Gasteiger partial charge in [0, 0.05) is 28.3 Å². The minimum absolute atomic E-state index is 0.184. The topological polar surface area (TPSA) is 97.5 Å². The summed E-state index contributed by atoms with van der Waals surface area (Å²) in [6.45, 7) is 2.06. The van der Waals surface area contributed by atoms with Gasteiger partial charge in [-0.2, -0.15) is 0 Å². The average molecular weight is 544 g/mol. The Morgan fingerprint density at radius 1 is 1.10 bits per heavy atom. The second-order valence-electron chi connectivity index (χ2n) is 8.67. The highest BCUT2D eigenvalue weighted by Crippen LogP contribution is 2.33. The van der Waals surface area contributed by atoms with Gasteiger partial charge in [-0.05, 0) is 72.6 Å². The molecule has 5 aromatic rings. The van der Waals surface area contributed by atoms with Gasteiger partial charge in [0.05, 0.1) is 10.5 Å². The first-order valence-electron chi connectivity index (χ1n) is 12.1.